The number of hydrogen-bond donors (Lipinski definition) is 0. The summed E-state index contributed by atoms with van der Waals surface area (Å²) in [6.45, 7) is 2.20. The molecule has 1 unspecified atom stereocenters. The average molecular weight is 280 g/mol. The molecule has 0 radical (unpaired) electrons. The predicted octanol–water partition coefficient (Wildman–Crippen LogP) is 6.24. The molecule has 16 heavy (non-hydrogen) atoms. The summed E-state index contributed by atoms with van der Waals surface area (Å²) in [5, 5.41) is 1.33. The van der Waals surface area contributed by atoms with Gasteiger partial charge in [-0.1, -0.05) is 61.9 Å². The second kappa shape index (κ2) is 7.42. The highest BCUT2D eigenvalue weighted by Crippen LogP contribution is 2.33. The monoisotopic (exact) mass is 278 g/mol. The van der Waals surface area contributed by atoms with Crippen molar-refractivity contribution in [3.05, 3.63) is 33.8 Å². The maximum atomic E-state index is 6.32. The number of alkyl halides is 1. The molecule has 1 atom stereocenters. The molecule has 0 heterocycles. The minimum Gasteiger partial charge on any atom is -0.118 e. The number of halogens is 3. The topological polar surface area (TPSA) is 0 Å². The minimum absolute atomic E-state index is 0.00150. The highest BCUT2D eigenvalue weighted by atomic mass is 35.5. The van der Waals surface area contributed by atoms with E-state index in [1.54, 1.807) is 6.07 Å². The van der Waals surface area contributed by atoms with Crippen LogP contribution in [0, 0.1) is 0 Å². The lowest BCUT2D eigenvalue weighted by atomic mass is 10.1. The van der Waals surface area contributed by atoms with Crippen LogP contribution < -0.4 is 0 Å². The van der Waals surface area contributed by atoms with E-state index in [2.05, 4.69) is 6.92 Å². The maximum absolute atomic E-state index is 6.32. The van der Waals surface area contributed by atoms with Crippen molar-refractivity contribution in [2.75, 3.05) is 0 Å². The van der Waals surface area contributed by atoms with Gasteiger partial charge in [-0.05, 0) is 24.1 Å². The van der Waals surface area contributed by atoms with Crippen molar-refractivity contribution in [3.63, 3.8) is 0 Å². The normalized spacial score (nSPS) is 12.8. The van der Waals surface area contributed by atoms with Crippen LogP contribution in [0.5, 0.6) is 0 Å². The Kier molecular flexibility index (Phi) is 6.57. The quantitative estimate of drug-likeness (QED) is 0.427. The molecule has 0 N–H and O–H groups in total. The summed E-state index contributed by atoms with van der Waals surface area (Å²) in [7, 11) is 0. The van der Waals surface area contributed by atoms with Crippen molar-refractivity contribution in [3.8, 4) is 0 Å². The number of rotatable bonds is 6. The van der Waals surface area contributed by atoms with Crippen molar-refractivity contribution in [1.29, 1.82) is 0 Å². The largest absolute Gasteiger partial charge is 0.118 e. The van der Waals surface area contributed by atoms with Crippen molar-refractivity contribution in [2.24, 2.45) is 0 Å². The Morgan fingerprint density at radius 3 is 2.50 bits per heavy atom. The number of unbranched alkanes of at least 4 members (excludes halogenated alkanes) is 3. The van der Waals surface area contributed by atoms with Crippen LogP contribution in [0.2, 0.25) is 10.0 Å². The molecular weight excluding hydrogens is 263 g/mol. The second-order valence-corrected chi connectivity index (χ2v) is 5.35. The van der Waals surface area contributed by atoms with Crippen molar-refractivity contribution in [2.45, 2.75) is 44.4 Å². The molecule has 0 fully saturated rings. The molecule has 0 spiro atoms. The standard InChI is InChI=1S/C13H17Cl3/c1-2-3-4-5-6-12(15)11-8-7-10(14)9-13(11)16/h7-9,12H,2-6H2,1H3. The number of benzene rings is 1. The molecule has 1 rings (SSSR count). The van der Waals surface area contributed by atoms with Gasteiger partial charge >= 0.3 is 0 Å². The first kappa shape index (κ1) is 14.2. The second-order valence-electron chi connectivity index (χ2n) is 3.98. The van der Waals surface area contributed by atoms with Crippen LogP contribution in [-0.2, 0) is 0 Å². The fourth-order valence-corrected chi connectivity index (χ4v) is 2.60. The van der Waals surface area contributed by atoms with E-state index in [0.717, 1.165) is 18.4 Å². The van der Waals surface area contributed by atoms with Gasteiger partial charge in [-0.2, -0.15) is 0 Å². The van der Waals surface area contributed by atoms with Gasteiger partial charge in [0.1, 0.15) is 0 Å². The highest BCUT2D eigenvalue weighted by Gasteiger charge is 2.11. The molecule has 0 amide bonds. The van der Waals surface area contributed by atoms with Crippen LogP contribution in [-0.4, -0.2) is 0 Å². The fraction of sp³-hybridized carbons (Fsp3) is 0.538. The highest BCUT2D eigenvalue weighted by molar-refractivity contribution is 6.35. The van der Waals surface area contributed by atoms with Gasteiger partial charge in [-0.3, -0.25) is 0 Å². The molecule has 0 saturated heterocycles. The van der Waals surface area contributed by atoms with Gasteiger partial charge in [0.2, 0.25) is 0 Å². The first-order valence-corrected chi connectivity index (χ1v) is 6.93. The summed E-state index contributed by atoms with van der Waals surface area (Å²) < 4.78 is 0. The Hall–Kier alpha value is 0.0900. The van der Waals surface area contributed by atoms with Gasteiger partial charge in [0.05, 0.1) is 5.38 Å². The van der Waals surface area contributed by atoms with Crippen LogP contribution in [0.4, 0.5) is 0 Å². The molecule has 1 aromatic carbocycles. The molecular formula is C13H17Cl3. The van der Waals surface area contributed by atoms with E-state index in [0.29, 0.717) is 10.0 Å². The van der Waals surface area contributed by atoms with E-state index in [4.69, 9.17) is 34.8 Å². The molecule has 0 aromatic heterocycles. The minimum atomic E-state index is 0.00150. The smallest absolute Gasteiger partial charge is 0.0599 e. The van der Waals surface area contributed by atoms with Gasteiger partial charge in [-0.15, -0.1) is 11.6 Å². The lowest BCUT2D eigenvalue weighted by Crippen LogP contribution is -1.92. The zero-order valence-electron chi connectivity index (χ0n) is 9.48. The van der Waals surface area contributed by atoms with Gasteiger partial charge in [0, 0.05) is 10.0 Å². The third-order valence-corrected chi connectivity index (χ3v) is 3.63. The van der Waals surface area contributed by atoms with E-state index in [-0.39, 0.29) is 5.38 Å². The summed E-state index contributed by atoms with van der Waals surface area (Å²) in [6, 6.07) is 5.51. The molecule has 0 aliphatic heterocycles. The van der Waals surface area contributed by atoms with Gasteiger partial charge in [0.15, 0.2) is 0 Å². The van der Waals surface area contributed by atoms with Crippen LogP contribution in [0.3, 0.4) is 0 Å². The zero-order chi connectivity index (χ0) is 12.0. The van der Waals surface area contributed by atoms with E-state index in [9.17, 15) is 0 Å². The molecule has 0 bridgehead atoms. The Morgan fingerprint density at radius 2 is 1.88 bits per heavy atom. The van der Waals surface area contributed by atoms with Crippen molar-refractivity contribution >= 4 is 34.8 Å². The summed E-state index contributed by atoms with van der Waals surface area (Å²) in [6.07, 6.45) is 5.89. The summed E-state index contributed by atoms with van der Waals surface area (Å²) >= 11 is 18.3. The molecule has 0 saturated carbocycles. The molecule has 0 aliphatic rings. The SMILES string of the molecule is CCCCCCC(Cl)c1ccc(Cl)cc1Cl. The average Bonchev–Trinajstić information content (AvgIpc) is 2.24. The van der Waals surface area contributed by atoms with E-state index in [1.807, 2.05) is 12.1 Å². The van der Waals surface area contributed by atoms with Crippen LogP contribution >= 0.6 is 34.8 Å². The zero-order valence-corrected chi connectivity index (χ0v) is 11.7. The Morgan fingerprint density at radius 1 is 1.12 bits per heavy atom. The Labute approximate surface area is 113 Å². The van der Waals surface area contributed by atoms with E-state index < -0.39 is 0 Å². The molecule has 0 nitrogen and oxygen atoms in total. The van der Waals surface area contributed by atoms with Crippen molar-refractivity contribution < 1.29 is 0 Å². The van der Waals surface area contributed by atoms with Crippen LogP contribution in [0.1, 0.15) is 50.0 Å². The summed E-state index contributed by atoms with van der Waals surface area (Å²) in [5.74, 6) is 0. The maximum Gasteiger partial charge on any atom is 0.0599 e. The number of hydrogen-bond acceptors (Lipinski definition) is 0. The van der Waals surface area contributed by atoms with Gasteiger partial charge in [0.25, 0.3) is 0 Å². The molecule has 0 aliphatic carbocycles. The van der Waals surface area contributed by atoms with E-state index in [1.165, 1.54) is 19.3 Å². The lowest BCUT2D eigenvalue weighted by Gasteiger charge is -2.11. The Bertz CT molecular complexity index is 323. The third kappa shape index (κ3) is 4.53. The fourth-order valence-electron chi connectivity index (χ4n) is 1.66. The summed E-state index contributed by atoms with van der Waals surface area (Å²) in [4.78, 5) is 0. The predicted molar refractivity (Wildman–Crippen MR) is 73.8 cm³/mol. The third-order valence-electron chi connectivity index (χ3n) is 2.61. The molecule has 1 aromatic rings. The molecule has 90 valence electrons. The van der Waals surface area contributed by atoms with Gasteiger partial charge in [-0.25, -0.2) is 0 Å². The lowest BCUT2D eigenvalue weighted by molar-refractivity contribution is 0.624. The summed E-state index contributed by atoms with van der Waals surface area (Å²) in [5.41, 5.74) is 0.990. The van der Waals surface area contributed by atoms with E-state index >= 15 is 0 Å². The first-order chi connectivity index (χ1) is 7.65. The van der Waals surface area contributed by atoms with Crippen LogP contribution in [0.15, 0.2) is 18.2 Å². The van der Waals surface area contributed by atoms with Crippen molar-refractivity contribution in [1.82, 2.24) is 0 Å². The first-order valence-electron chi connectivity index (χ1n) is 5.74. The van der Waals surface area contributed by atoms with Gasteiger partial charge < -0.3 is 0 Å². The Balaban J connectivity index is 2.49. The van der Waals surface area contributed by atoms with Crippen LogP contribution in [0.25, 0.3) is 0 Å². The molecule has 3 heteroatoms.